The monoisotopic (exact) mass is 436 g/mol. The second-order valence-electron chi connectivity index (χ2n) is 6.46. The molecule has 30 heavy (non-hydrogen) atoms. The van der Waals surface area contributed by atoms with Crippen LogP contribution in [0.5, 0.6) is 11.5 Å². The van der Waals surface area contributed by atoms with E-state index in [2.05, 4.69) is 0 Å². The van der Waals surface area contributed by atoms with E-state index in [-0.39, 0.29) is 0 Å². The van der Waals surface area contributed by atoms with Crippen molar-refractivity contribution in [3.05, 3.63) is 106 Å². The molecule has 0 aliphatic carbocycles. The molecular formula is C24H14Cl2O4. The average Bonchev–Trinajstić information content (AvgIpc) is 2.76. The molecule has 0 N–H and O–H groups in total. The Hall–Kier alpha value is -3.34. The predicted octanol–water partition coefficient (Wildman–Crippen LogP) is 6.59. The van der Waals surface area contributed by atoms with E-state index in [1.807, 2.05) is 0 Å². The van der Waals surface area contributed by atoms with Crippen LogP contribution in [0.4, 0.5) is 0 Å². The van der Waals surface area contributed by atoms with Crippen LogP contribution in [0.2, 0.25) is 10.0 Å². The fourth-order valence-corrected chi connectivity index (χ4v) is 3.09. The van der Waals surface area contributed by atoms with Gasteiger partial charge in [0, 0.05) is 10.0 Å². The number of fused-ring (bicyclic) bond motifs is 1. The van der Waals surface area contributed by atoms with Crippen molar-refractivity contribution in [1.29, 1.82) is 0 Å². The lowest BCUT2D eigenvalue weighted by Gasteiger charge is -2.08. The first-order valence-corrected chi connectivity index (χ1v) is 9.73. The molecule has 4 rings (SSSR count). The van der Waals surface area contributed by atoms with E-state index in [1.54, 1.807) is 84.9 Å². The first-order chi connectivity index (χ1) is 14.5. The lowest BCUT2D eigenvalue weighted by atomic mass is 10.0. The predicted molar refractivity (Wildman–Crippen MR) is 117 cm³/mol. The van der Waals surface area contributed by atoms with Gasteiger partial charge in [-0.2, -0.15) is 0 Å². The molecule has 4 aromatic rings. The molecular weight excluding hydrogens is 423 g/mol. The van der Waals surface area contributed by atoms with Crippen LogP contribution in [0.15, 0.2) is 84.9 Å². The van der Waals surface area contributed by atoms with Gasteiger partial charge >= 0.3 is 11.9 Å². The number of halogens is 2. The van der Waals surface area contributed by atoms with Crippen molar-refractivity contribution in [2.75, 3.05) is 0 Å². The highest BCUT2D eigenvalue weighted by molar-refractivity contribution is 6.30. The van der Waals surface area contributed by atoms with E-state index < -0.39 is 11.9 Å². The zero-order chi connectivity index (χ0) is 21.1. The van der Waals surface area contributed by atoms with Crippen LogP contribution >= 0.6 is 23.2 Å². The van der Waals surface area contributed by atoms with Gasteiger partial charge in [0.1, 0.15) is 11.5 Å². The van der Waals surface area contributed by atoms with E-state index in [9.17, 15) is 9.59 Å². The second kappa shape index (κ2) is 8.57. The maximum absolute atomic E-state index is 12.5. The summed E-state index contributed by atoms with van der Waals surface area (Å²) in [6.07, 6.45) is 0. The molecule has 0 aliphatic heterocycles. The number of rotatable bonds is 4. The Kier molecular flexibility index (Phi) is 5.70. The van der Waals surface area contributed by atoms with Crippen LogP contribution in [0.1, 0.15) is 20.7 Å². The number of carbonyl (C=O) groups is 2. The van der Waals surface area contributed by atoms with Gasteiger partial charge in [0.2, 0.25) is 0 Å². The van der Waals surface area contributed by atoms with Crippen LogP contribution in [-0.2, 0) is 0 Å². The first kappa shape index (κ1) is 20.0. The van der Waals surface area contributed by atoms with Crippen LogP contribution in [-0.4, -0.2) is 11.9 Å². The molecule has 0 aromatic heterocycles. The summed E-state index contributed by atoms with van der Waals surface area (Å²) in [5, 5.41) is 2.70. The Balaban J connectivity index is 1.55. The van der Waals surface area contributed by atoms with Crippen molar-refractivity contribution < 1.29 is 19.1 Å². The van der Waals surface area contributed by atoms with Crippen molar-refractivity contribution in [2.24, 2.45) is 0 Å². The number of benzene rings is 4. The van der Waals surface area contributed by atoms with E-state index in [1.165, 1.54) is 0 Å². The van der Waals surface area contributed by atoms with Gasteiger partial charge in [0.15, 0.2) is 0 Å². The molecule has 6 heteroatoms. The molecule has 0 saturated heterocycles. The zero-order valence-electron chi connectivity index (χ0n) is 15.5. The SMILES string of the molecule is O=C(Oc1ccc(Cl)cc1)c1ccc2ccc(C(=O)Oc3ccc(Cl)cc3)cc2c1. The molecule has 0 radical (unpaired) electrons. The topological polar surface area (TPSA) is 52.6 Å². The molecule has 0 bridgehead atoms. The van der Waals surface area contributed by atoms with Crippen LogP contribution < -0.4 is 9.47 Å². The number of hydrogen-bond donors (Lipinski definition) is 0. The summed E-state index contributed by atoms with van der Waals surface area (Å²) in [5.41, 5.74) is 0.723. The van der Waals surface area contributed by atoms with Gasteiger partial charge in [-0.1, -0.05) is 35.3 Å². The Morgan fingerprint density at radius 3 is 1.33 bits per heavy atom. The lowest BCUT2D eigenvalue weighted by Crippen LogP contribution is -2.09. The van der Waals surface area contributed by atoms with E-state index in [4.69, 9.17) is 32.7 Å². The van der Waals surface area contributed by atoms with Gasteiger partial charge in [-0.3, -0.25) is 0 Å². The third kappa shape index (κ3) is 4.62. The summed E-state index contributed by atoms with van der Waals surface area (Å²) in [7, 11) is 0. The molecule has 4 nitrogen and oxygen atoms in total. The molecule has 0 aliphatic rings. The highest BCUT2D eigenvalue weighted by atomic mass is 35.5. The van der Waals surface area contributed by atoms with E-state index in [0.29, 0.717) is 38.1 Å². The first-order valence-electron chi connectivity index (χ1n) is 8.97. The minimum Gasteiger partial charge on any atom is -0.423 e. The molecule has 148 valence electrons. The highest BCUT2D eigenvalue weighted by Gasteiger charge is 2.13. The third-order valence-electron chi connectivity index (χ3n) is 4.36. The zero-order valence-corrected chi connectivity index (χ0v) is 17.0. The summed E-state index contributed by atoms with van der Waals surface area (Å²) in [6, 6.07) is 23.3. The maximum atomic E-state index is 12.5. The quantitative estimate of drug-likeness (QED) is 0.267. The molecule has 0 fully saturated rings. The molecule has 0 heterocycles. The summed E-state index contributed by atoms with van der Waals surface area (Å²) >= 11 is 11.7. The summed E-state index contributed by atoms with van der Waals surface area (Å²) in [5.74, 6) is -0.226. The number of hydrogen-bond acceptors (Lipinski definition) is 4. The van der Waals surface area contributed by atoms with Crippen molar-refractivity contribution in [2.45, 2.75) is 0 Å². The molecule has 0 saturated carbocycles. The van der Waals surface area contributed by atoms with Crippen LogP contribution in [0.3, 0.4) is 0 Å². The Morgan fingerprint density at radius 1 is 0.533 bits per heavy atom. The largest absolute Gasteiger partial charge is 0.423 e. The molecule has 0 unspecified atom stereocenters. The van der Waals surface area contributed by atoms with Crippen molar-refractivity contribution >= 4 is 45.9 Å². The van der Waals surface area contributed by atoms with Gasteiger partial charge in [0.25, 0.3) is 0 Å². The molecule has 0 spiro atoms. The number of carbonyl (C=O) groups excluding carboxylic acids is 2. The Bertz CT molecular complexity index is 1140. The average molecular weight is 437 g/mol. The van der Waals surface area contributed by atoms with E-state index in [0.717, 1.165) is 5.39 Å². The summed E-state index contributed by atoms with van der Waals surface area (Å²) in [4.78, 5) is 24.9. The van der Waals surface area contributed by atoms with Crippen molar-refractivity contribution in [1.82, 2.24) is 0 Å². The van der Waals surface area contributed by atoms with Crippen molar-refractivity contribution in [3.8, 4) is 11.5 Å². The van der Waals surface area contributed by atoms with Gasteiger partial charge in [-0.15, -0.1) is 0 Å². The van der Waals surface area contributed by atoms with Crippen LogP contribution in [0.25, 0.3) is 10.8 Å². The molecule has 0 atom stereocenters. The second-order valence-corrected chi connectivity index (χ2v) is 7.34. The number of ether oxygens (including phenoxy) is 2. The fourth-order valence-electron chi connectivity index (χ4n) is 2.84. The van der Waals surface area contributed by atoms with Gasteiger partial charge < -0.3 is 9.47 Å². The fraction of sp³-hybridized carbons (Fsp3) is 0. The molecule has 4 aromatic carbocycles. The van der Waals surface area contributed by atoms with Gasteiger partial charge in [-0.05, 0) is 83.6 Å². The lowest BCUT2D eigenvalue weighted by molar-refractivity contribution is 0.0726. The van der Waals surface area contributed by atoms with Crippen LogP contribution in [0, 0.1) is 0 Å². The summed E-state index contributed by atoms with van der Waals surface area (Å²) < 4.78 is 10.7. The van der Waals surface area contributed by atoms with Gasteiger partial charge in [-0.25, -0.2) is 9.59 Å². The standard InChI is InChI=1S/C24H14Cl2O4/c25-19-5-9-21(10-6-19)29-23(27)16-3-1-15-2-4-17(14-18(15)13-16)24(28)30-22-11-7-20(26)8-12-22/h1-14H. The number of esters is 2. The Morgan fingerprint density at radius 2 is 0.933 bits per heavy atom. The highest BCUT2D eigenvalue weighted by Crippen LogP contribution is 2.22. The smallest absolute Gasteiger partial charge is 0.343 e. The summed E-state index contributed by atoms with van der Waals surface area (Å²) in [6.45, 7) is 0. The van der Waals surface area contributed by atoms with Gasteiger partial charge in [0.05, 0.1) is 11.1 Å². The minimum absolute atomic E-state index is 0.362. The maximum Gasteiger partial charge on any atom is 0.343 e. The molecule has 0 amide bonds. The minimum atomic E-state index is -0.506. The van der Waals surface area contributed by atoms with Crippen molar-refractivity contribution in [3.63, 3.8) is 0 Å². The van der Waals surface area contributed by atoms with E-state index >= 15 is 0 Å². The normalized spacial score (nSPS) is 10.6. The Labute approximate surface area is 182 Å². The third-order valence-corrected chi connectivity index (χ3v) is 4.86.